The topological polar surface area (TPSA) is 130 Å². The fourth-order valence-corrected chi connectivity index (χ4v) is 2.56. The Kier molecular flexibility index (Phi) is 5.47. The van der Waals surface area contributed by atoms with Crippen molar-refractivity contribution in [2.24, 2.45) is 5.73 Å². The molecule has 0 spiro atoms. The summed E-state index contributed by atoms with van der Waals surface area (Å²) in [6.45, 7) is 0. The third kappa shape index (κ3) is 3.69. The van der Waals surface area contributed by atoms with Gasteiger partial charge in [-0.2, -0.15) is 0 Å². The fraction of sp³-hybridized carbons (Fsp3) is 0.143. The van der Waals surface area contributed by atoms with Crippen LogP contribution in [-0.4, -0.2) is 35.1 Å². The molecule has 126 valence electrons. The van der Waals surface area contributed by atoms with E-state index in [1.807, 2.05) is 0 Å². The highest BCUT2D eigenvalue weighted by Crippen LogP contribution is 2.24. The number of thioether (sulfide) groups is 1. The number of hydrogen-bond donors (Lipinski definition) is 4. The van der Waals surface area contributed by atoms with E-state index in [1.54, 1.807) is 12.3 Å². The van der Waals surface area contributed by atoms with Crippen LogP contribution in [0.4, 0.5) is 11.5 Å². The number of nitrogens with two attached hydrogens (primary N) is 1. The highest BCUT2D eigenvalue weighted by Gasteiger charge is 2.17. The maximum absolute atomic E-state index is 12.0. The zero-order chi connectivity index (χ0) is 17.9. The number of benzene rings is 1. The van der Waals surface area contributed by atoms with Gasteiger partial charge in [0.1, 0.15) is 5.56 Å². The molecule has 0 aliphatic rings. The van der Waals surface area contributed by atoms with Gasteiger partial charge in [-0.25, -0.2) is 4.98 Å². The zero-order valence-electron chi connectivity index (χ0n) is 12.8. The van der Waals surface area contributed by atoms with Crippen molar-refractivity contribution in [2.75, 3.05) is 18.6 Å². The number of aromatic amines is 1. The summed E-state index contributed by atoms with van der Waals surface area (Å²) in [4.78, 5) is 41.7. The maximum Gasteiger partial charge on any atom is 0.266 e. The summed E-state index contributed by atoms with van der Waals surface area (Å²) in [6.07, 6.45) is 1.72. The van der Waals surface area contributed by atoms with Crippen LogP contribution in [0.2, 0.25) is 5.02 Å². The SMILES string of the molecule is CNC(=O)c1ccc(Nc2nc(SC)[nH]c(=O)c2C(N)=O)cc1Cl. The lowest BCUT2D eigenvalue weighted by Gasteiger charge is -2.11. The molecule has 0 atom stereocenters. The van der Waals surface area contributed by atoms with Gasteiger partial charge in [0.2, 0.25) is 0 Å². The van der Waals surface area contributed by atoms with Crippen LogP contribution in [0.1, 0.15) is 20.7 Å². The normalized spacial score (nSPS) is 10.3. The van der Waals surface area contributed by atoms with Crippen LogP contribution >= 0.6 is 23.4 Å². The van der Waals surface area contributed by atoms with Gasteiger partial charge in [-0.15, -0.1) is 0 Å². The van der Waals surface area contributed by atoms with Crippen molar-refractivity contribution in [2.45, 2.75) is 5.16 Å². The van der Waals surface area contributed by atoms with E-state index in [4.69, 9.17) is 17.3 Å². The highest BCUT2D eigenvalue weighted by atomic mass is 35.5. The molecule has 1 aromatic carbocycles. The molecule has 0 aliphatic carbocycles. The summed E-state index contributed by atoms with van der Waals surface area (Å²) in [7, 11) is 1.49. The third-order valence-electron chi connectivity index (χ3n) is 3.04. The van der Waals surface area contributed by atoms with Crippen molar-refractivity contribution in [3.05, 3.63) is 44.7 Å². The predicted molar refractivity (Wildman–Crippen MR) is 93.3 cm³/mol. The van der Waals surface area contributed by atoms with Crippen molar-refractivity contribution in [1.82, 2.24) is 15.3 Å². The average Bonchev–Trinajstić information content (AvgIpc) is 2.53. The first-order valence-electron chi connectivity index (χ1n) is 6.64. The van der Waals surface area contributed by atoms with Crippen LogP contribution in [0, 0.1) is 0 Å². The average molecular weight is 368 g/mol. The number of carbonyl (C=O) groups excluding carboxylic acids is 2. The first kappa shape index (κ1) is 17.8. The molecule has 0 radical (unpaired) electrons. The van der Waals surface area contributed by atoms with Gasteiger partial charge >= 0.3 is 0 Å². The lowest BCUT2D eigenvalue weighted by atomic mass is 10.2. The minimum absolute atomic E-state index is 0.0133. The second kappa shape index (κ2) is 7.37. The predicted octanol–water partition coefficient (Wildman–Crippen LogP) is 1.35. The Morgan fingerprint density at radius 2 is 2.08 bits per heavy atom. The Morgan fingerprint density at radius 1 is 1.38 bits per heavy atom. The molecule has 0 aliphatic heterocycles. The van der Waals surface area contributed by atoms with Crippen LogP contribution in [0.5, 0.6) is 0 Å². The van der Waals surface area contributed by atoms with Crippen molar-refractivity contribution in [3.63, 3.8) is 0 Å². The van der Waals surface area contributed by atoms with Gasteiger partial charge in [-0.3, -0.25) is 14.4 Å². The number of rotatable bonds is 5. The summed E-state index contributed by atoms with van der Waals surface area (Å²) in [6, 6.07) is 4.57. The maximum atomic E-state index is 12.0. The van der Waals surface area contributed by atoms with Crippen LogP contribution < -0.4 is 21.9 Å². The van der Waals surface area contributed by atoms with Crippen molar-refractivity contribution in [3.8, 4) is 0 Å². The van der Waals surface area contributed by atoms with Gasteiger partial charge in [0.05, 0.1) is 10.6 Å². The number of anilines is 2. The van der Waals surface area contributed by atoms with Gasteiger partial charge in [0, 0.05) is 12.7 Å². The zero-order valence-corrected chi connectivity index (χ0v) is 14.3. The second-order valence-electron chi connectivity index (χ2n) is 4.56. The van der Waals surface area contributed by atoms with Crippen LogP contribution in [-0.2, 0) is 0 Å². The van der Waals surface area contributed by atoms with Crippen molar-refractivity contribution in [1.29, 1.82) is 0 Å². The molecule has 2 rings (SSSR count). The molecule has 0 unspecified atom stereocenters. The molecule has 5 N–H and O–H groups in total. The van der Waals surface area contributed by atoms with Crippen LogP contribution in [0.15, 0.2) is 28.2 Å². The number of nitrogens with zero attached hydrogens (tertiary/aromatic N) is 1. The first-order chi connectivity index (χ1) is 11.4. The highest BCUT2D eigenvalue weighted by molar-refractivity contribution is 7.98. The summed E-state index contributed by atoms with van der Waals surface area (Å²) >= 11 is 7.28. The van der Waals surface area contributed by atoms with E-state index in [9.17, 15) is 14.4 Å². The molecule has 2 aromatic rings. The molecule has 1 aromatic heterocycles. The van der Waals surface area contributed by atoms with E-state index in [2.05, 4.69) is 20.6 Å². The largest absolute Gasteiger partial charge is 0.365 e. The Morgan fingerprint density at radius 3 is 2.62 bits per heavy atom. The minimum atomic E-state index is -0.910. The van der Waals surface area contributed by atoms with E-state index < -0.39 is 11.5 Å². The molecule has 0 saturated carbocycles. The second-order valence-corrected chi connectivity index (χ2v) is 5.76. The van der Waals surface area contributed by atoms with Crippen LogP contribution in [0.25, 0.3) is 0 Å². The number of halogens is 1. The van der Waals surface area contributed by atoms with E-state index in [0.29, 0.717) is 16.4 Å². The van der Waals surface area contributed by atoms with Crippen molar-refractivity contribution >= 4 is 46.7 Å². The summed E-state index contributed by atoms with van der Waals surface area (Å²) in [5.74, 6) is -1.23. The van der Waals surface area contributed by atoms with Gasteiger partial charge in [0.25, 0.3) is 17.4 Å². The number of H-pyrrole nitrogens is 1. The standard InChI is InChI=1S/C14H14ClN5O3S/c1-17-12(22)7-4-3-6(5-8(7)15)18-11-9(10(16)21)13(23)20-14(19-11)24-2/h3-5H,1-2H3,(H2,16,21)(H,17,22)(H2,18,19,20,23). The Balaban J connectivity index is 2.46. The lowest BCUT2D eigenvalue weighted by Crippen LogP contribution is -2.26. The Bertz CT molecular complexity index is 868. The number of carbonyl (C=O) groups is 2. The molecule has 0 bridgehead atoms. The van der Waals surface area contributed by atoms with Crippen molar-refractivity contribution < 1.29 is 9.59 Å². The quantitative estimate of drug-likeness (QED) is 0.466. The van der Waals surface area contributed by atoms with E-state index in [-0.39, 0.29) is 22.3 Å². The molecule has 24 heavy (non-hydrogen) atoms. The van der Waals surface area contributed by atoms with E-state index >= 15 is 0 Å². The minimum Gasteiger partial charge on any atom is -0.365 e. The summed E-state index contributed by atoms with van der Waals surface area (Å²) in [5.41, 5.74) is 5.05. The van der Waals surface area contributed by atoms with Gasteiger partial charge in [-0.05, 0) is 24.5 Å². The lowest BCUT2D eigenvalue weighted by molar-refractivity contribution is 0.0961. The first-order valence-corrected chi connectivity index (χ1v) is 8.24. The molecule has 0 saturated heterocycles. The Labute approximate surface area is 146 Å². The number of aromatic nitrogens is 2. The summed E-state index contributed by atoms with van der Waals surface area (Å²) in [5, 5.41) is 5.83. The molecule has 10 heteroatoms. The molecule has 0 fully saturated rings. The molecule has 8 nitrogen and oxygen atoms in total. The van der Waals surface area contributed by atoms with E-state index in [1.165, 1.54) is 30.9 Å². The van der Waals surface area contributed by atoms with Crippen LogP contribution in [0.3, 0.4) is 0 Å². The van der Waals surface area contributed by atoms with Gasteiger partial charge in [0.15, 0.2) is 11.0 Å². The Hall–Kier alpha value is -2.52. The molecule has 1 heterocycles. The number of primary amides is 1. The van der Waals surface area contributed by atoms with E-state index in [0.717, 1.165) is 0 Å². The molecular weight excluding hydrogens is 354 g/mol. The fourth-order valence-electron chi connectivity index (χ4n) is 1.92. The third-order valence-corrected chi connectivity index (χ3v) is 3.93. The summed E-state index contributed by atoms with van der Waals surface area (Å²) < 4.78 is 0. The smallest absolute Gasteiger partial charge is 0.266 e. The monoisotopic (exact) mass is 367 g/mol. The van der Waals surface area contributed by atoms with Gasteiger partial charge in [-0.1, -0.05) is 23.4 Å². The molecular formula is C14H14ClN5O3S. The van der Waals surface area contributed by atoms with Gasteiger partial charge < -0.3 is 21.4 Å². The number of hydrogen-bond acceptors (Lipinski definition) is 6. The number of amides is 2. The molecule has 2 amide bonds. The number of nitrogens with one attached hydrogen (secondary N) is 3.